The number of carbonyl (C=O) groups excluding carboxylic acids is 2. The van der Waals surface area contributed by atoms with Crippen molar-refractivity contribution in [2.45, 2.75) is 66.4 Å². The molecule has 21 heavy (non-hydrogen) atoms. The second kappa shape index (κ2) is 9.64. The van der Waals surface area contributed by atoms with E-state index in [9.17, 15) is 9.59 Å². The molecule has 1 unspecified atom stereocenters. The fourth-order valence-corrected chi connectivity index (χ4v) is 1.99. The quantitative estimate of drug-likeness (QED) is 0.852. The van der Waals surface area contributed by atoms with E-state index in [0.717, 1.165) is 19.5 Å². The molecule has 0 bridgehead atoms. The van der Waals surface area contributed by atoms with E-state index in [4.69, 9.17) is 4.74 Å². The minimum absolute atomic E-state index is 0.0155. The van der Waals surface area contributed by atoms with Crippen LogP contribution in [0, 0.1) is 5.92 Å². The fraction of sp³-hybridized carbons (Fsp3) is 0.875. The molecule has 1 heterocycles. The van der Waals surface area contributed by atoms with Crippen molar-refractivity contribution in [3.63, 3.8) is 0 Å². The topological polar surface area (TPSA) is 58.6 Å². The molecule has 0 spiro atoms. The van der Waals surface area contributed by atoms with Gasteiger partial charge in [-0.3, -0.25) is 4.79 Å². The molecule has 2 amide bonds. The van der Waals surface area contributed by atoms with E-state index in [2.05, 4.69) is 26.1 Å². The van der Waals surface area contributed by atoms with Crippen LogP contribution in [0.3, 0.4) is 0 Å². The minimum atomic E-state index is -0.541. The summed E-state index contributed by atoms with van der Waals surface area (Å²) < 4.78 is 5.08. The third-order valence-corrected chi connectivity index (χ3v) is 2.79. The van der Waals surface area contributed by atoms with Gasteiger partial charge in [0.25, 0.3) is 0 Å². The molecule has 0 aromatic carbocycles. The van der Waals surface area contributed by atoms with Crippen LogP contribution in [0.4, 0.5) is 4.79 Å². The van der Waals surface area contributed by atoms with Crippen LogP contribution in [0.2, 0.25) is 0 Å². The molecule has 124 valence electrons. The van der Waals surface area contributed by atoms with Crippen molar-refractivity contribution in [1.29, 1.82) is 0 Å². The molecular weight excluding hydrogens is 268 g/mol. The predicted molar refractivity (Wildman–Crippen MR) is 85.2 cm³/mol. The van der Waals surface area contributed by atoms with E-state index < -0.39 is 11.7 Å². The Kier molecular flexibility index (Phi) is 9.06. The van der Waals surface area contributed by atoms with Crippen LogP contribution >= 0.6 is 0 Å². The van der Waals surface area contributed by atoms with Crippen molar-refractivity contribution < 1.29 is 14.3 Å². The van der Waals surface area contributed by atoms with E-state index in [0.29, 0.717) is 5.92 Å². The number of nitrogens with zero attached hydrogens (tertiary/aromatic N) is 1. The molecule has 1 aliphatic rings. The fourth-order valence-electron chi connectivity index (χ4n) is 1.99. The molecule has 1 aliphatic heterocycles. The summed E-state index contributed by atoms with van der Waals surface area (Å²) in [4.78, 5) is 25.1. The van der Waals surface area contributed by atoms with Gasteiger partial charge in [-0.1, -0.05) is 27.2 Å². The first-order chi connectivity index (χ1) is 9.69. The molecule has 1 fully saturated rings. The molecule has 5 nitrogen and oxygen atoms in total. The Morgan fingerprint density at radius 2 is 1.86 bits per heavy atom. The van der Waals surface area contributed by atoms with Crippen LogP contribution in [0.1, 0.15) is 60.8 Å². The second-order valence-electron chi connectivity index (χ2n) is 6.65. The zero-order valence-electron chi connectivity index (χ0n) is 14.5. The van der Waals surface area contributed by atoms with Gasteiger partial charge in [-0.15, -0.1) is 0 Å². The van der Waals surface area contributed by atoms with Gasteiger partial charge in [0.2, 0.25) is 5.91 Å². The van der Waals surface area contributed by atoms with Crippen LogP contribution < -0.4 is 5.32 Å². The lowest BCUT2D eigenvalue weighted by atomic mass is 10.0. The Labute approximate surface area is 129 Å². The SMILES string of the molecule is CC1CCCN(C(=O)CNC(=O)OC(C)(C)C)C1.CCC. The minimum Gasteiger partial charge on any atom is -0.444 e. The van der Waals surface area contributed by atoms with Crippen LogP contribution in [-0.2, 0) is 9.53 Å². The maximum atomic E-state index is 11.9. The van der Waals surface area contributed by atoms with E-state index in [1.165, 1.54) is 12.8 Å². The standard InChI is InChI=1S/C13H24N2O3.C3H8/c1-10-6-5-7-15(9-10)11(16)8-14-12(17)18-13(2,3)4;1-3-2/h10H,5-9H2,1-4H3,(H,14,17);3H2,1-2H3. The van der Waals surface area contributed by atoms with E-state index >= 15 is 0 Å². The number of rotatable bonds is 2. The highest BCUT2D eigenvalue weighted by atomic mass is 16.6. The van der Waals surface area contributed by atoms with E-state index in [1.54, 1.807) is 20.8 Å². The highest BCUT2D eigenvalue weighted by Crippen LogP contribution is 2.15. The first-order valence-electron chi connectivity index (χ1n) is 7.94. The molecule has 0 aromatic rings. The normalized spacial score (nSPS) is 18.4. The molecule has 1 N–H and O–H groups in total. The van der Waals surface area contributed by atoms with Crippen LogP contribution in [-0.4, -0.2) is 42.1 Å². The molecule has 0 aliphatic carbocycles. The van der Waals surface area contributed by atoms with Crippen molar-refractivity contribution >= 4 is 12.0 Å². The van der Waals surface area contributed by atoms with Gasteiger partial charge in [0.05, 0.1) is 0 Å². The van der Waals surface area contributed by atoms with Gasteiger partial charge >= 0.3 is 6.09 Å². The smallest absolute Gasteiger partial charge is 0.408 e. The maximum absolute atomic E-state index is 11.9. The van der Waals surface area contributed by atoms with Crippen LogP contribution in [0.5, 0.6) is 0 Å². The number of nitrogens with one attached hydrogen (secondary N) is 1. The monoisotopic (exact) mass is 300 g/mol. The van der Waals surface area contributed by atoms with Crippen LogP contribution in [0.25, 0.3) is 0 Å². The van der Waals surface area contributed by atoms with Crippen LogP contribution in [0.15, 0.2) is 0 Å². The van der Waals surface area contributed by atoms with Crippen molar-refractivity contribution in [3.8, 4) is 0 Å². The number of likely N-dealkylation sites (tertiary alicyclic amines) is 1. The average Bonchev–Trinajstić information content (AvgIpc) is 2.35. The molecule has 1 saturated heterocycles. The Hall–Kier alpha value is -1.26. The zero-order chi connectivity index (χ0) is 16.5. The zero-order valence-corrected chi connectivity index (χ0v) is 14.5. The van der Waals surface area contributed by atoms with Crippen molar-refractivity contribution in [2.24, 2.45) is 5.92 Å². The lowest BCUT2D eigenvalue weighted by Gasteiger charge is -2.31. The summed E-state index contributed by atoms with van der Waals surface area (Å²) in [6.07, 6.45) is 2.92. The Morgan fingerprint density at radius 3 is 2.33 bits per heavy atom. The number of hydrogen-bond donors (Lipinski definition) is 1. The largest absolute Gasteiger partial charge is 0.444 e. The average molecular weight is 300 g/mol. The van der Waals surface area contributed by atoms with Gasteiger partial charge in [0, 0.05) is 13.1 Å². The highest BCUT2D eigenvalue weighted by molar-refractivity contribution is 5.82. The lowest BCUT2D eigenvalue weighted by molar-refractivity contribution is -0.131. The van der Waals surface area contributed by atoms with Gasteiger partial charge in [-0.25, -0.2) is 4.79 Å². The molecule has 0 saturated carbocycles. The summed E-state index contributed by atoms with van der Waals surface area (Å²) in [7, 11) is 0. The molecule has 0 radical (unpaired) electrons. The first-order valence-corrected chi connectivity index (χ1v) is 7.94. The molecular formula is C16H32N2O3. The number of amides is 2. The molecule has 5 heteroatoms. The Morgan fingerprint density at radius 1 is 1.29 bits per heavy atom. The molecule has 0 aromatic heterocycles. The Bertz CT molecular complexity index is 324. The van der Waals surface area contributed by atoms with E-state index in [1.807, 2.05) is 4.90 Å². The van der Waals surface area contributed by atoms with Gasteiger partial charge in [-0.2, -0.15) is 0 Å². The highest BCUT2D eigenvalue weighted by Gasteiger charge is 2.22. The number of piperidine rings is 1. The number of alkyl carbamates (subject to hydrolysis) is 1. The lowest BCUT2D eigenvalue weighted by Crippen LogP contribution is -2.45. The summed E-state index contributed by atoms with van der Waals surface area (Å²) in [6.45, 7) is 13.4. The summed E-state index contributed by atoms with van der Waals surface area (Å²) in [5, 5.41) is 2.50. The van der Waals surface area contributed by atoms with Crippen molar-refractivity contribution in [1.82, 2.24) is 10.2 Å². The summed E-state index contributed by atoms with van der Waals surface area (Å²) >= 11 is 0. The maximum Gasteiger partial charge on any atom is 0.408 e. The summed E-state index contributed by atoms with van der Waals surface area (Å²) in [5.41, 5.74) is -0.535. The summed E-state index contributed by atoms with van der Waals surface area (Å²) in [6, 6.07) is 0. The molecule has 1 atom stereocenters. The number of hydrogen-bond acceptors (Lipinski definition) is 3. The number of carbonyl (C=O) groups is 2. The van der Waals surface area contributed by atoms with Gasteiger partial charge in [0.15, 0.2) is 0 Å². The third kappa shape index (κ3) is 10.2. The molecule has 1 rings (SSSR count). The van der Waals surface area contributed by atoms with Gasteiger partial charge in [-0.05, 0) is 39.5 Å². The predicted octanol–water partition coefficient (Wildman–Crippen LogP) is 3.19. The van der Waals surface area contributed by atoms with Crippen molar-refractivity contribution in [2.75, 3.05) is 19.6 Å². The van der Waals surface area contributed by atoms with Gasteiger partial charge in [0.1, 0.15) is 12.1 Å². The second-order valence-corrected chi connectivity index (χ2v) is 6.65. The third-order valence-electron chi connectivity index (χ3n) is 2.79. The van der Waals surface area contributed by atoms with E-state index in [-0.39, 0.29) is 12.5 Å². The van der Waals surface area contributed by atoms with Gasteiger partial charge < -0.3 is 15.0 Å². The van der Waals surface area contributed by atoms with Crippen molar-refractivity contribution in [3.05, 3.63) is 0 Å². The summed E-state index contributed by atoms with van der Waals surface area (Å²) in [5.74, 6) is 0.511. The Balaban J connectivity index is 0.00000122. The number of ether oxygens (including phenoxy) is 1. The first kappa shape index (κ1) is 19.7.